The molecule has 172 valence electrons. The van der Waals surface area contributed by atoms with Gasteiger partial charge in [0, 0.05) is 52.4 Å². The van der Waals surface area contributed by atoms with Crippen LogP contribution in [0.5, 0.6) is 5.75 Å². The number of morpholine rings is 1. The zero-order chi connectivity index (χ0) is 22.5. The summed E-state index contributed by atoms with van der Waals surface area (Å²) >= 11 is 0. The van der Waals surface area contributed by atoms with E-state index < -0.39 is 0 Å². The van der Waals surface area contributed by atoms with Crippen LogP contribution in [0.2, 0.25) is 0 Å². The summed E-state index contributed by atoms with van der Waals surface area (Å²) in [7, 11) is 0. The van der Waals surface area contributed by atoms with Gasteiger partial charge in [-0.3, -0.25) is 9.69 Å². The third-order valence-electron chi connectivity index (χ3n) is 5.93. The fourth-order valence-electron chi connectivity index (χ4n) is 4.25. The quantitative estimate of drug-likeness (QED) is 0.685. The predicted octanol–water partition coefficient (Wildman–Crippen LogP) is 2.51. The number of carbonyl (C=O) groups is 1. The summed E-state index contributed by atoms with van der Waals surface area (Å²) in [5.74, 6) is 1.74. The van der Waals surface area contributed by atoms with Crippen LogP contribution < -0.4 is 9.64 Å². The summed E-state index contributed by atoms with van der Waals surface area (Å²) in [6, 6.07) is 10.3. The van der Waals surface area contributed by atoms with Crippen molar-refractivity contribution in [2.75, 3.05) is 50.8 Å². The van der Waals surface area contributed by atoms with Gasteiger partial charge in [-0.05, 0) is 37.6 Å². The molecular formula is C24H33N5O3. The highest BCUT2D eigenvalue weighted by Gasteiger charge is 2.30. The zero-order valence-electron chi connectivity index (χ0n) is 19.2. The zero-order valence-corrected chi connectivity index (χ0v) is 19.2. The minimum atomic E-state index is 0.0996. The van der Waals surface area contributed by atoms with Crippen molar-refractivity contribution in [1.29, 1.82) is 0 Å². The van der Waals surface area contributed by atoms with Crippen LogP contribution in [0.3, 0.4) is 0 Å². The topological polar surface area (TPSA) is 71.0 Å². The molecule has 1 atom stereocenters. The largest absolute Gasteiger partial charge is 0.491 e. The molecule has 2 aromatic rings. The van der Waals surface area contributed by atoms with Gasteiger partial charge in [-0.15, -0.1) is 0 Å². The Labute approximate surface area is 190 Å². The molecule has 2 saturated heterocycles. The van der Waals surface area contributed by atoms with Gasteiger partial charge in [-0.25, -0.2) is 9.97 Å². The first kappa shape index (κ1) is 22.5. The molecule has 1 aromatic carbocycles. The first-order valence-corrected chi connectivity index (χ1v) is 11.4. The van der Waals surface area contributed by atoms with Crippen molar-refractivity contribution in [3.05, 3.63) is 47.8 Å². The molecule has 1 aromatic heterocycles. The van der Waals surface area contributed by atoms with E-state index in [1.807, 2.05) is 43.1 Å². The normalized spacial score (nSPS) is 19.9. The molecule has 0 N–H and O–H groups in total. The summed E-state index contributed by atoms with van der Waals surface area (Å²) in [6.45, 7) is 11.6. The Balaban J connectivity index is 1.52. The molecule has 0 spiro atoms. The van der Waals surface area contributed by atoms with E-state index in [4.69, 9.17) is 14.5 Å². The van der Waals surface area contributed by atoms with Crippen molar-refractivity contribution >= 4 is 11.9 Å². The maximum Gasteiger partial charge on any atom is 0.225 e. The second kappa shape index (κ2) is 10.3. The maximum absolute atomic E-state index is 12.1. The van der Waals surface area contributed by atoms with Gasteiger partial charge >= 0.3 is 0 Å². The predicted molar refractivity (Wildman–Crippen MR) is 123 cm³/mol. The van der Waals surface area contributed by atoms with Gasteiger partial charge in [0.05, 0.1) is 31.1 Å². The van der Waals surface area contributed by atoms with Crippen LogP contribution in [-0.2, 0) is 16.1 Å². The third-order valence-corrected chi connectivity index (χ3v) is 5.93. The number of hydrogen-bond donors (Lipinski definition) is 0. The maximum atomic E-state index is 12.1. The average molecular weight is 440 g/mol. The van der Waals surface area contributed by atoms with Crippen LogP contribution in [0.25, 0.3) is 0 Å². The molecule has 8 nitrogen and oxygen atoms in total. The van der Waals surface area contributed by atoms with Crippen LogP contribution in [0.1, 0.15) is 38.1 Å². The number of rotatable bonds is 6. The lowest BCUT2D eigenvalue weighted by molar-refractivity contribution is -0.132. The molecule has 2 fully saturated rings. The van der Waals surface area contributed by atoms with Crippen molar-refractivity contribution in [2.45, 2.75) is 39.5 Å². The van der Waals surface area contributed by atoms with E-state index in [9.17, 15) is 4.79 Å². The Morgan fingerprint density at radius 3 is 2.56 bits per heavy atom. The summed E-state index contributed by atoms with van der Waals surface area (Å²) in [5.41, 5.74) is 2.16. The van der Waals surface area contributed by atoms with E-state index in [1.165, 1.54) is 5.56 Å². The van der Waals surface area contributed by atoms with Crippen LogP contribution in [-0.4, -0.2) is 77.7 Å². The average Bonchev–Trinajstić information content (AvgIpc) is 2.80. The molecule has 2 aliphatic heterocycles. The molecule has 2 aliphatic rings. The van der Waals surface area contributed by atoms with Crippen molar-refractivity contribution < 1.29 is 14.3 Å². The number of amides is 1. The van der Waals surface area contributed by atoms with E-state index in [0.29, 0.717) is 26.3 Å². The molecular weight excluding hydrogens is 406 g/mol. The van der Waals surface area contributed by atoms with E-state index in [2.05, 4.69) is 26.9 Å². The first-order chi connectivity index (χ1) is 15.5. The number of ether oxygens (including phenoxy) is 2. The fourth-order valence-corrected chi connectivity index (χ4v) is 4.25. The smallest absolute Gasteiger partial charge is 0.225 e. The molecule has 0 radical (unpaired) electrons. The Morgan fingerprint density at radius 2 is 1.88 bits per heavy atom. The van der Waals surface area contributed by atoms with E-state index >= 15 is 0 Å². The summed E-state index contributed by atoms with van der Waals surface area (Å²) in [4.78, 5) is 27.9. The van der Waals surface area contributed by atoms with Crippen molar-refractivity contribution in [1.82, 2.24) is 19.8 Å². The minimum absolute atomic E-state index is 0.0996. The van der Waals surface area contributed by atoms with Gasteiger partial charge in [0.2, 0.25) is 11.9 Å². The second-order valence-electron chi connectivity index (χ2n) is 8.63. The molecule has 4 rings (SSSR count). The van der Waals surface area contributed by atoms with Gasteiger partial charge in [0.15, 0.2) is 0 Å². The van der Waals surface area contributed by atoms with Crippen LogP contribution in [0.15, 0.2) is 36.5 Å². The molecule has 0 bridgehead atoms. The second-order valence-corrected chi connectivity index (χ2v) is 8.63. The standard InChI is InChI=1S/C24H33N5O3/c1-18(2)32-22-6-4-20(5-7-22)23-17-28(19(3)30)10-11-29(23)16-21-8-9-25-24(26-21)27-12-14-31-15-13-27/h4-9,18,23H,10-17H2,1-3H3/t23-/m1/s1. The summed E-state index contributed by atoms with van der Waals surface area (Å²) < 4.78 is 11.2. The van der Waals surface area contributed by atoms with Gasteiger partial charge in [0.25, 0.3) is 0 Å². The molecule has 3 heterocycles. The number of hydrogen-bond acceptors (Lipinski definition) is 7. The van der Waals surface area contributed by atoms with Gasteiger partial charge in [0.1, 0.15) is 5.75 Å². The Kier molecular flexibility index (Phi) is 7.22. The van der Waals surface area contributed by atoms with Gasteiger partial charge in [-0.1, -0.05) is 12.1 Å². The highest BCUT2D eigenvalue weighted by atomic mass is 16.5. The Bertz CT molecular complexity index is 899. The SMILES string of the molecule is CC(=O)N1CCN(Cc2ccnc(N3CCOCC3)n2)[C@@H](c2ccc(OC(C)C)cc2)C1. The number of anilines is 1. The van der Waals surface area contributed by atoms with E-state index in [1.54, 1.807) is 6.92 Å². The van der Waals surface area contributed by atoms with Crippen molar-refractivity contribution in [2.24, 2.45) is 0 Å². The molecule has 32 heavy (non-hydrogen) atoms. The highest BCUT2D eigenvalue weighted by Crippen LogP contribution is 2.29. The number of nitrogens with zero attached hydrogens (tertiary/aromatic N) is 5. The summed E-state index contributed by atoms with van der Waals surface area (Å²) in [5, 5.41) is 0. The minimum Gasteiger partial charge on any atom is -0.491 e. The number of piperazine rings is 1. The lowest BCUT2D eigenvalue weighted by Gasteiger charge is -2.41. The van der Waals surface area contributed by atoms with E-state index in [0.717, 1.165) is 43.6 Å². The van der Waals surface area contributed by atoms with Crippen LogP contribution in [0.4, 0.5) is 5.95 Å². The Hall–Kier alpha value is -2.71. The van der Waals surface area contributed by atoms with Crippen LogP contribution in [0, 0.1) is 0 Å². The molecule has 1 amide bonds. The summed E-state index contributed by atoms with van der Waals surface area (Å²) in [6.07, 6.45) is 1.98. The van der Waals surface area contributed by atoms with E-state index in [-0.39, 0.29) is 18.1 Å². The number of carbonyl (C=O) groups excluding carboxylic acids is 1. The molecule has 8 heteroatoms. The first-order valence-electron chi connectivity index (χ1n) is 11.4. The number of aromatic nitrogens is 2. The van der Waals surface area contributed by atoms with Gasteiger partial charge in [-0.2, -0.15) is 0 Å². The lowest BCUT2D eigenvalue weighted by atomic mass is 10.0. The molecule has 0 aliphatic carbocycles. The van der Waals surface area contributed by atoms with Gasteiger partial charge < -0.3 is 19.3 Å². The number of benzene rings is 1. The van der Waals surface area contributed by atoms with Crippen molar-refractivity contribution in [3.63, 3.8) is 0 Å². The van der Waals surface area contributed by atoms with Crippen LogP contribution >= 0.6 is 0 Å². The third kappa shape index (κ3) is 5.55. The highest BCUT2D eigenvalue weighted by molar-refractivity contribution is 5.73. The monoisotopic (exact) mass is 439 g/mol. The Morgan fingerprint density at radius 1 is 1.12 bits per heavy atom. The van der Waals surface area contributed by atoms with Crippen molar-refractivity contribution in [3.8, 4) is 5.75 Å². The molecule has 0 unspecified atom stereocenters. The lowest BCUT2D eigenvalue weighted by Crippen LogP contribution is -2.49. The molecule has 0 saturated carbocycles. The fraction of sp³-hybridized carbons (Fsp3) is 0.542.